The largest absolute Gasteiger partial charge is 0.477 e. The first-order chi connectivity index (χ1) is 8.06. The van der Waals surface area contributed by atoms with Crippen LogP contribution < -0.4 is 5.32 Å². The van der Waals surface area contributed by atoms with Crippen molar-refractivity contribution in [3.8, 4) is 0 Å². The van der Waals surface area contributed by atoms with Crippen molar-refractivity contribution in [3.63, 3.8) is 0 Å². The van der Waals surface area contributed by atoms with Crippen molar-refractivity contribution in [1.29, 1.82) is 0 Å². The number of carboxylic acids is 1. The van der Waals surface area contributed by atoms with Crippen molar-refractivity contribution in [2.24, 2.45) is 0 Å². The van der Waals surface area contributed by atoms with E-state index >= 15 is 0 Å². The van der Waals surface area contributed by atoms with Crippen LogP contribution in [0.25, 0.3) is 0 Å². The second-order valence-electron chi connectivity index (χ2n) is 3.51. The fourth-order valence-corrected chi connectivity index (χ4v) is 3.02. The van der Waals surface area contributed by atoms with Gasteiger partial charge in [0.2, 0.25) is 5.91 Å². The van der Waals surface area contributed by atoms with Crippen molar-refractivity contribution in [3.05, 3.63) is 11.8 Å². The van der Waals surface area contributed by atoms with Gasteiger partial charge in [0.1, 0.15) is 23.0 Å². The van der Waals surface area contributed by atoms with E-state index in [9.17, 15) is 14.4 Å². The molecule has 1 saturated heterocycles. The van der Waals surface area contributed by atoms with E-state index in [1.165, 1.54) is 22.7 Å². The lowest BCUT2D eigenvalue weighted by molar-refractivity contribution is -0.150. The van der Waals surface area contributed by atoms with Gasteiger partial charge in [-0.25, -0.2) is 4.79 Å². The standard InChI is InChI=1S/C9H9ClN2O4S/c10-3-5(13)11-6-7(14)12-4(9(15)16)1-2-17-8(6)12/h1,6,8H,2-3H2,(H,11,13)(H,15,16)/t6?,8-/m1/s1. The van der Waals surface area contributed by atoms with Crippen molar-refractivity contribution < 1.29 is 19.5 Å². The molecule has 0 radical (unpaired) electrons. The average Bonchev–Trinajstić information content (AvgIpc) is 2.34. The molecule has 0 aromatic heterocycles. The van der Waals surface area contributed by atoms with Crippen molar-refractivity contribution >= 4 is 41.1 Å². The highest BCUT2D eigenvalue weighted by atomic mass is 35.5. The highest BCUT2D eigenvalue weighted by Gasteiger charge is 2.52. The summed E-state index contributed by atoms with van der Waals surface area (Å²) in [6, 6.07) is -0.672. The summed E-state index contributed by atoms with van der Waals surface area (Å²) in [7, 11) is 0. The number of carbonyl (C=O) groups is 3. The molecule has 2 rings (SSSR count). The second kappa shape index (κ2) is 4.58. The molecule has 0 spiro atoms. The molecular formula is C9H9ClN2O4S. The first kappa shape index (κ1) is 12.3. The normalized spacial score (nSPS) is 26.8. The molecule has 2 aliphatic rings. The van der Waals surface area contributed by atoms with Crippen molar-refractivity contribution in [2.75, 3.05) is 11.6 Å². The fourth-order valence-electron chi connectivity index (χ4n) is 1.75. The number of carbonyl (C=O) groups excluding carboxylic acids is 2. The van der Waals surface area contributed by atoms with Crippen LogP contribution in [0.2, 0.25) is 0 Å². The Morgan fingerprint density at radius 2 is 2.35 bits per heavy atom. The zero-order chi connectivity index (χ0) is 12.6. The number of amides is 2. The van der Waals surface area contributed by atoms with Gasteiger partial charge in [0.05, 0.1) is 0 Å². The lowest BCUT2D eigenvalue weighted by atomic mass is 10.1. The first-order valence-corrected chi connectivity index (χ1v) is 6.38. The summed E-state index contributed by atoms with van der Waals surface area (Å²) in [6.07, 6.45) is 1.49. The molecule has 0 bridgehead atoms. The van der Waals surface area contributed by atoms with Gasteiger partial charge in [-0.15, -0.1) is 23.4 Å². The molecule has 2 aliphatic heterocycles. The van der Waals surface area contributed by atoms with E-state index in [1.54, 1.807) is 0 Å². The number of alkyl halides is 1. The van der Waals surface area contributed by atoms with Gasteiger partial charge in [0.25, 0.3) is 5.91 Å². The Labute approximate surface area is 106 Å². The monoisotopic (exact) mass is 276 g/mol. The van der Waals surface area contributed by atoms with E-state index in [1.807, 2.05) is 0 Å². The topological polar surface area (TPSA) is 86.7 Å². The molecule has 17 heavy (non-hydrogen) atoms. The van der Waals surface area contributed by atoms with Gasteiger partial charge in [-0.05, 0) is 6.08 Å². The molecule has 1 unspecified atom stereocenters. The van der Waals surface area contributed by atoms with E-state index in [2.05, 4.69) is 5.32 Å². The highest BCUT2D eigenvalue weighted by molar-refractivity contribution is 8.00. The van der Waals surface area contributed by atoms with Crippen LogP contribution in [-0.2, 0) is 14.4 Å². The minimum absolute atomic E-state index is 0.0184. The number of nitrogens with zero attached hydrogens (tertiary/aromatic N) is 1. The Kier molecular flexibility index (Phi) is 3.30. The quantitative estimate of drug-likeness (QED) is 0.541. The second-order valence-corrected chi connectivity index (χ2v) is 4.92. The fraction of sp³-hybridized carbons (Fsp3) is 0.444. The van der Waals surface area contributed by atoms with Gasteiger partial charge < -0.3 is 10.4 Å². The number of thioether (sulfide) groups is 1. The maximum Gasteiger partial charge on any atom is 0.352 e. The van der Waals surface area contributed by atoms with Gasteiger partial charge in [-0.2, -0.15) is 0 Å². The molecule has 92 valence electrons. The number of β-lactam (4-membered cyclic amide) rings is 1. The summed E-state index contributed by atoms with van der Waals surface area (Å²) in [6.45, 7) is 0. The molecular weight excluding hydrogens is 268 g/mol. The average molecular weight is 277 g/mol. The summed E-state index contributed by atoms with van der Waals surface area (Å²) in [4.78, 5) is 34.9. The number of hydrogen-bond donors (Lipinski definition) is 2. The molecule has 1 fully saturated rings. The summed E-state index contributed by atoms with van der Waals surface area (Å²) in [5, 5.41) is 11.0. The number of carboxylic acid groups (broad SMARTS) is 1. The van der Waals surface area contributed by atoms with Crippen LogP contribution in [-0.4, -0.2) is 50.8 Å². The minimum atomic E-state index is -1.13. The molecule has 6 nitrogen and oxygen atoms in total. The molecule has 2 heterocycles. The molecule has 0 saturated carbocycles. The third-order valence-electron chi connectivity index (χ3n) is 2.50. The van der Waals surface area contributed by atoms with E-state index in [4.69, 9.17) is 16.7 Å². The van der Waals surface area contributed by atoms with Gasteiger partial charge in [0, 0.05) is 5.75 Å². The molecule has 8 heteroatoms. The molecule has 2 N–H and O–H groups in total. The lowest BCUT2D eigenvalue weighted by Gasteiger charge is -2.48. The van der Waals surface area contributed by atoms with E-state index in [-0.39, 0.29) is 17.0 Å². The summed E-state index contributed by atoms with van der Waals surface area (Å²) < 4.78 is 0. The zero-order valence-corrected chi connectivity index (χ0v) is 10.1. The Morgan fingerprint density at radius 1 is 1.65 bits per heavy atom. The molecule has 0 aliphatic carbocycles. The van der Waals surface area contributed by atoms with Crippen LogP contribution in [0, 0.1) is 0 Å². The van der Waals surface area contributed by atoms with Crippen LogP contribution in [0.3, 0.4) is 0 Å². The summed E-state index contributed by atoms with van der Waals surface area (Å²) >= 11 is 6.74. The number of fused-ring (bicyclic) bond motifs is 1. The van der Waals surface area contributed by atoms with Gasteiger partial charge in [-0.3, -0.25) is 14.5 Å². The predicted octanol–water partition coefficient (Wildman–Crippen LogP) is -0.406. The molecule has 2 amide bonds. The first-order valence-electron chi connectivity index (χ1n) is 4.79. The minimum Gasteiger partial charge on any atom is -0.477 e. The van der Waals surface area contributed by atoms with Gasteiger partial charge >= 0.3 is 5.97 Å². The van der Waals surface area contributed by atoms with Crippen LogP contribution in [0.15, 0.2) is 11.8 Å². The number of halogens is 1. The Morgan fingerprint density at radius 3 is 2.94 bits per heavy atom. The van der Waals surface area contributed by atoms with Gasteiger partial charge in [0.15, 0.2) is 0 Å². The van der Waals surface area contributed by atoms with Crippen LogP contribution >= 0.6 is 23.4 Å². The summed E-state index contributed by atoms with van der Waals surface area (Å²) in [5.41, 5.74) is -0.0184. The smallest absolute Gasteiger partial charge is 0.352 e. The van der Waals surface area contributed by atoms with Crippen LogP contribution in [0.4, 0.5) is 0 Å². The number of hydrogen-bond acceptors (Lipinski definition) is 4. The third kappa shape index (κ3) is 2.00. The Hall–Kier alpha value is -1.21. The van der Waals surface area contributed by atoms with Crippen LogP contribution in [0.5, 0.6) is 0 Å². The summed E-state index contributed by atoms with van der Waals surface area (Å²) in [5.74, 6) is -1.69. The Balaban J connectivity index is 2.11. The van der Waals surface area contributed by atoms with E-state index < -0.39 is 23.8 Å². The van der Waals surface area contributed by atoms with Crippen molar-refractivity contribution in [1.82, 2.24) is 10.2 Å². The van der Waals surface area contributed by atoms with E-state index in [0.29, 0.717) is 5.75 Å². The predicted molar refractivity (Wildman–Crippen MR) is 61.5 cm³/mol. The maximum absolute atomic E-state index is 11.7. The molecule has 0 aromatic rings. The highest BCUT2D eigenvalue weighted by Crippen LogP contribution is 2.37. The maximum atomic E-state index is 11.7. The number of nitrogens with one attached hydrogen (secondary N) is 1. The SMILES string of the molecule is O=C(CCl)NC1C(=O)N2C(C(=O)O)=CCS[C@H]12. The van der Waals surface area contributed by atoms with Gasteiger partial charge in [-0.1, -0.05) is 0 Å². The van der Waals surface area contributed by atoms with Crippen LogP contribution in [0.1, 0.15) is 0 Å². The van der Waals surface area contributed by atoms with E-state index in [0.717, 1.165) is 0 Å². The Bertz CT molecular complexity index is 425. The lowest BCUT2D eigenvalue weighted by Crippen LogP contribution is -2.70. The van der Waals surface area contributed by atoms with Crippen molar-refractivity contribution in [2.45, 2.75) is 11.4 Å². The zero-order valence-electron chi connectivity index (χ0n) is 8.55. The molecule has 0 aromatic carbocycles. The molecule has 2 atom stereocenters. The number of rotatable bonds is 3. The number of aliphatic carboxylic acids is 1. The third-order valence-corrected chi connectivity index (χ3v) is 3.93.